The Morgan fingerprint density at radius 3 is 2.46 bits per heavy atom. The van der Waals surface area contributed by atoms with Crippen LogP contribution in [-0.2, 0) is 17.9 Å². The number of aryl methyl sites for hydroxylation is 1. The second-order valence-corrected chi connectivity index (χ2v) is 5.14. The molecule has 1 rings (SSSR count). The van der Waals surface area contributed by atoms with Gasteiger partial charge in [-0.3, -0.25) is 4.98 Å². The molecule has 0 saturated heterocycles. The average Bonchev–Trinajstić information content (AvgIpc) is 2.55. The van der Waals surface area contributed by atoms with Crippen molar-refractivity contribution < 1.29 is 34.6 Å². The van der Waals surface area contributed by atoms with Gasteiger partial charge < -0.3 is 32.5 Å². The molecule has 1 aromatic rings. The maximum atomic E-state index is 12.1. The van der Waals surface area contributed by atoms with Gasteiger partial charge in [-0.05, 0) is 26.3 Å². The number of rotatable bonds is 7. The van der Waals surface area contributed by atoms with Crippen molar-refractivity contribution in [1.29, 1.82) is 0 Å². The summed E-state index contributed by atoms with van der Waals surface area (Å²) < 4.78 is 24.2. The van der Waals surface area contributed by atoms with Crippen LogP contribution < -0.4 is 17.2 Å². The Kier molecular flexibility index (Phi) is 9.29. The number of nitrogens with two attached hydrogens (primary N) is 2. The molecule has 0 bridgehead atoms. The van der Waals surface area contributed by atoms with Gasteiger partial charge in [0.25, 0.3) is 6.43 Å². The number of aromatic hydroxyl groups is 1. The molecule has 0 aliphatic carbocycles. The minimum atomic E-state index is -3.07. The summed E-state index contributed by atoms with van der Waals surface area (Å²) in [5, 5.41) is 26.8. The van der Waals surface area contributed by atoms with Gasteiger partial charge >= 0.3 is 5.97 Å². The van der Waals surface area contributed by atoms with E-state index in [-0.39, 0.29) is 31.7 Å². The number of alkyl halides is 2. The third kappa shape index (κ3) is 5.64. The smallest absolute Gasteiger partial charge is 0.329 e. The van der Waals surface area contributed by atoms with E-state index >= 15 is 0 Å². The second-order valence-electron chi connectivity index (χ2n) is 5.14. The molecular formula is C14H25F2N4O4+. The number of carboxylic acid groups (broad SMARTS) is 1. The summed E-state index contributed by atoms with van der Waals surface area (Å²) in [6.45, 7) is 2.23. The summed E-state index contributed by atoms with van der Waals surface area (Å²) in [5.41, 5.74) is 13.1. The lowest BCUT2D eigenvalue weighted by Crippen LogP contribution is -2.54. The first kappa shape index (κ1) is 22.1. The number of aromatic nitrogens is 1. The fraction of sp³-hybridized carbons (Fsp3) is 0.571. The first-order valence-electron chi connectivity index (χ1n) is 7.22. The molecule has 0 amide bonds. The Bertz CT molecular complexity index is 546. The van der Waals surface area contributed by atoms with Crippen LogP contribution in [0.4, 0.5) is 8.78 Å². The maximum absolute atomic E-state index is 12.1. The first-order chi connectivity index (χ1) is 11.1. The molecule has 1 atom stereocenters. The normalized spacial score (nSPS) is 13.2. The van der Waals surface area contributed by atoms with E-state index in [2.05, 4.69) is 10.7 Å². The molecule has 1 aromatic heterocycles. The predicted molar refractivity (Wildman–Crippen MR) is 82.0 cm³/mol. The van der Waals surface area contributed by atoms with Gasteiger partial charge in [-0.1, -0.05) is 0 Å². The van der Waals surface area contributed by atoms with Crippen LogP contribution >= 0.6 is 0 Å². The third-order valence-electron chi connectivity index (χ3n) is 3.43. The van der Waals surface area contributed by atoms with Crippen LogP contribution in [0, 0.1) is 6.92 Å². The maximum Gasteiger partial charge on any atom is 0.329 e. The highest BCUT2D eigenvalue weighted by molar-refractivity contribution is 5.79. The summed E-state index contributed by atoms with van der Waals surface area (Å²) in [5.74, 6) is -1.54. The van der Waals surface area contributed by atoms with E-state index in [1.54, 1.807) is 13.1 Å². The molecule has 0 radical (unpaired) electrons. The van der Waals surface area contributed by atoms with Crippen LogP contribution in [0.1, 0.15) is 29.7 Å². The Labute approximate surface area is 138 Å². The van der Waals surface area contributed by atoms with Gasteiger partial charge in [0.05, 0.1) is 17.9 Å². The number of quaternary nitrogens is 1. The van der Waals surface area contributed by atoms with Crippen molar-refractivity contribution in [3.05, 3.63) is 23.0 Å². The Hall–Kier alpha value is -1.88. The lowest BCUT2D eigenvalue weighted by atomic mass is 9.95. The third-order valence-corrected chi connectivity index (χ3v) is 3.43. The molecule has 24 heavy (non-hydrogen) atoms. The van der Waals surface area contributed by atoms with Crippen molar-refractivity contribution in [3.63, 3.8) is 0 Å². The van der Waals surface area contributed by atoms with E-state index in [0.717, 1.165) is 0 Å². The minimum absolute atomic E-state index is 0.105. The monoisotopic (exact) mass is 351 g/mol. The molecule has 0 aliphatic heterocycles. The van der Waals surface area contributed by atoms with Crippen LogP contribution in [0.25, 0.3) is 0 Å². The largest absolute Gasteiger partial charge is 0.506 e. The van der Waals surface area contributed by atoms with Crippen molar-refractivity contribution in [2.75, 3.05) is 6.54 Å². The summed E-state index contributed by atoms with van der Waals surface area (Å²) in [7, 11) is 0. The Balaban J connectivity index is 0.000000441. The molecule has 8 nitrogen and oxygen atoms in total. The SMILES string of the molecule is Cc1ncc(CO)c(C[NH3+])c1O.NCCCC(N)(C(=O)O)C(F)F. The fourth-order valence-electron chi connectivity index (χ4n) is 1.80. The number of hydrogen-bond donors (Lipinski definition) is 6. The first-order valence-corrected chi connectivity index (χ1v) is 7.22. The van der Waals surface area contributed by atoms with Gasteiger partial charge in [0.2, 0.25) is 0 Å². The van der Waals surface area contributed by atoms with Crippen LogP contribution in [0.15, 0.2) is 6.20 Å². The van der Waals surface area contributed by atoms with Crippen LogP contribution in [0.3, 0.4) is 0 Å². The van der Waals surface area contributed by atoms with Gasteiger partial charge in [0.15, 0.2) is 5.54 Å². The average molecular weight is 351 g/mol. The van der Waals surface area contributed by atoms with Crippen molar-refractivity contribution in [2.45, 2.75) is 44.9 Å². The predicted octanol–water partition coefficient (Wildman–Crippen LogP) is -0.898. The van der Waals surface area contributed by atoms with E-state index in [9.17, 15) is 18.7 Å². The molecule has 1 heterocycles. The van der Waals surface area contributed by atoms with Gasteiger partial charge in [-0.15, -0.1) is 0 Å². The number of hydrogen-bond acceptors (Lipinski definition) is 6. The summed E-state index contributed by atoms with van der Waals surface area (Å²) in [6, 6.07) is 0. The van der Waals surface area contributed by atoms with Crippen LogP contribution in [-0.4, -0.2) is 44.8 Å². The Morgan fingerprint density at radius 1 is 1.50 bits per heavy atom. The molecule has 0 spiro atoms. The van der Waals surface area contributed by atoms with E-state index in [1.807, 2.05) is 0 Å². The number of aliphatic carboxylic acids is 1. The van der Waals surface area contributed by atoms with E-state index in [4.69, 9.17) is 21.7 Å². The Morgan fingerprint density at radius 2 is 2.08 bits per heavy atom. The highest BCUT2D eigenvalue weighted by atomic mass is 19.3. The zero-order chi connectivity index (χ0) is 18.9. The quantitative estimate of drug-likeness (QED) is 0.369. The molecule has 138 valence electrons. The molecular weight excluding hydrogens is 326 g/mol. The standard InChI is InChI=1S/C8H12N2O2.C6H12F2N2O2/c1-5-8(12)7(2-9)6(4-11)3-10-5;7-4(8)6(10,5(11)12)2-1-3-9/h3,11-12H,2,4,9H2,1H3;4H,1-3,9-10H2,(H,11,12)/p+1. The molecule has 0 fully saturated rings. The van der Waals surface area contributed by atoms with Crippen LogP contribution in [0.2, 0.25) is 0 Å². The minimum Gasteiger partial charge on any atom is -0.506 e. The van der Waals surface area contributed by atoms with Gasteiger partial charge in [-0.2, -0.15) is 0 Å². The van der Waals surface area contributed by atoms with E-state index in [1.165, 1.54) is 0 Å². The molecule has 10 heteroatoms. The highest BCUT2D eigenvalue weighted by Gasteiger charge is 2.42. The number of aliphatic hydroxyl groups is 1. The molecule has 0 saturated carbocycles. The summed E-state index contributed by atoms with van der Waals surface area (Å²) in [4.78, 5) is 14.2. The second kappa shape index (κ2) is 10.1. The van der Waals surface area contributed by atoms with Crippen molar-refractivity contribution in [1.82, 2.24) is 4.98 Å². The van der Waals surface area contributed by atoms with Gasteiger partial charge in [0, 0.05) is 11.8 Å². The van der Waals surface area contributed by atoms with Gasteiger partial charge in [-0.25, -0.2) is 13.6 Å². The molecule has 0 aliphatic rings. The van der Waals surface area contributed by atoms with Crippen molar-refractivity contribution >= 4 is 5.97 Å². The van der Waals surface area contributed by atoms with Crippen LogP contribution in [0.5, 0.6) is 5.75 Å². The number of aliphatic hydroxyl groups excluding tert-OH is 1. The van der Waals surface area contributed by atoms with Crippen molar-refractivity contribution in [2.24, 2.45) is 11.5 Å². The number of halogens is 2. The fourth-order valence-corrected chi connectivity index (χ4v) is 1.80. The number of nitrogens with zero attached hydrogens (tertiary/aromatic N) is 1. The molecule has 1 unspecified atom stereocenters. The lowest BCUT2D eigenvalue weighted by molar-refractivity contribution is -0.386. The lowest BCUT2D eigenvalue weighted by Gasteiger charge is -2.22. The topological polar surface area (TPSA) is 170 Å². The zero-order valence-corrected chi connectivity index (χ0v) is 13.5. The van der Waals surface area contributed by atoms with Gasteiger partial charge in [0.1, 0.15) is 12.3 Å². The summed E-state index contributed by atoms with van der Waals surface area (Å²) in [6.07, 6.45) is -1.64. The number of carboxylic acids is 1. The zero-order valence-electron chi connectivity index (χ0n) is 13.5. The molecule has 10 N–H and O–H groups in total. The van der Waals surface area contributed by atoms with E-state index < -0.39 is 17.9 Å². The number of carbonyl (C=O) groups is 1. The van der Waals surface area contributed by atoms with E-state index in [0.29, 0.717) is 23.4 Å². The molecule has 0 aromatic carbocycles. The van der Waals surface area contributed by atoms with Crippen molar-refractivity contribution in [3.8, 4) is 5.75 Å². The summed E-state index contributed by atoms with van der Waals surface area (Å²) >= 11 is 0. The highest BCUT2D eigenvalue weighted by Crippen LogP contribution is 2.22. The number of pyridine rings is 1.